The Balaban J connectivity index is 2.28. The summed E-state index contributed by atoms with van der Waals surface area (Å²) in [6.07, 6.45) is 2.96. The molecule has 0 saturated heterocycles. The molecule has 0 unspecified atom stereocenters. The summed E-state index contributed by atoms with van der Waals surface area (Å²) in [4.78, 5) is 0.0359. The number of aromatic hydroxyl groups is 1. The number of nitrogens with zero attached hydrogens (tertiary/aromatic N) is 1. The first kappa shape index (κ1) is 13.4. The van der Waals surface area contributed by atoms with E-state index in [-0.39, 0.29) is 22.9 Å². The molecule has 102 valence electrons. The van der Waals surface area contributed by atoms with E-state index in [1.807, 2.05) is 0 Å². The summed E-state index contributed by atoms with van der Waals surface area (Å²) in [6, 6.07) is 5.49. The van der Waals surface area contributed by atoms with Gasteiger partial charge in [-0.15, -0.1) is 0 Å². The third-order valence-corrected chi connectivity index (χ3v) is 4.49. The highest BCUT2D eigenvalue weighted by atomic mass is 32.2. The standard InChI is InChI=1S/C12H14N2O4S/c1-14(7-9-4-5-18-8-9)19(16,17)10-2-3-12(15)11(13)6-10/h2-6,8,15H,7,13H2,1H3. The Hall–Kier alpha value is -1.99. The molecule has 0 fully saturated rings. The van der Waals surface area contributed by atoms with E-state index in [2.05, 4.69) is 0 Å². The number of sulfonamides is 1. The van der Waals surface area contributed by atoms with E-state index < -0.39 is 10.0 Å². The van der Waals surface area contributed by atoms with Crippen LogP contribution >= 0.6 is 0 Å². The van der Waals surface area contributed by atoms with Crippen LogP contribution in [0.25, 0.3) is 0 Å². The van der Waals surface area contributed by atoms with Gasteiger partial charge in [-0.1, -0.05) is 0 Å². The first-order valence-corrected chi connectivity index (χ1v) is 6.91. The predicted octanol–water partition coefficient (Wildman–Crippen LogP) is 1.39. The number of hydrogen-bond acceptors (Lipinski definition) is 5. The molecule has 2 rings (SSSR count). The fourth-order valence-electron chi connectivity index (χ4n) is 1.60. The topological polar surface area (TPSA) is 96.8 Å². The number of hydrogen-bond donors (Lipinski definition) is 2. The van der Waals surface area contributed by atoms with Crippen molar-refractivity contribution < 1.29 is 17.9 Å². The molecule has 0 bridgehead atoms. The molecule has 0 amide bonds. The molecule has 0 radical (unpaired) electrons. The van der Waals surface area contributed by atoms with Gasteiger partial charge in [0.1, 0.15) is 5.75 Å². The normalized spacial score (nSPS) is 11.9. The number of phenols is 1. The lowest BCUT2D eigenvalue weighted by molar-refractivity contribution is 0.462. The van der Waals surface area contributed by atoms with Gasteiger partial charge in [-0.2, -0.15) is 4.31 Å². The van der Waals surface area contributed by atoms with Gasteiger partial charge < -0.3 is 15.3 Å². The lowest BCUT2D eigenvalue weighted by atomic mass is 10.3. The van der Waals surface area contributed by atoms with E-state index in [4.69, 9.17) is 10.2 Å². The number of rotatable bonds is 4. The van der Waals surface area contributed by atoms with Gasteiger partial charge in [-0.25, -0.2) is 8.42 Å². The third-order valence-electron chi connectivity index (χ3n) is 2.69. The van der Waals surface area contributed by atoms with Crippen molar-refractivity contribution in [2.75, 3.05) is 12.8 Å². The third kappa shape index (κ3) is 2.72. The number of nitrogen functional groups attached to an aromatic ring is 1. The Labute approximate surface area is 111 Å². The SMILES string of the molecule is CN(Cc1ccoc1)S(=O)(=O)c1ccc(O)c(N)c1. The molecule has 0 spiro atoms. The molecular formula is C12H14N2O4S. The average Bonchev–Trinajstić information content (AvgIpc) is 2.85. The van der Waals surface area contributed by atoms with Crippen molar-refractivity contribution in [2.45, 2.75) is 11.4 Å². The minimum absolute atomic E-state index is 0.0257. The Morgan fingerprint density at radius 2 is 2.11 bits per heavy atom. The lowest BCUT2D eigenvalue weighted by Crippen LogP contribution is -2.26. The summed E-state index contributed by atoms with van der Waals surface area (Å²) >= 11 is 0. The van der Waals surface area contributed by atoms with Gasteiger partial charge in [0, 0.05) is 19.2 Å². The Bertz CT molecular complexity index is 665. The molecule has 1 aromatic carbocycles. The van der Waals surface area contributed by atoms with Crippen LogP contribution in [0.5, 0.6) is 5.75 Å². The molecule has 0 aliphatic heterocycles. The maximum atomic E-state index is 12.3. The smallest absolute Gasteiger partial charge is 0.243 e. The van der Waals surface area contributed by atoms with Crippen molar-refractivity contribution in [3.05, 3.63) is 42.4 Å². The summed E-state index contributed by atoms with van der Waals surface area (Å²) in [5, 5.41) is 9.31. The van der Waals surface area contributed by atoms with Crippen molar-refractivity contribution in [1.82, 2.24) is 4.31 Å². The van der Waals surface area contributed by atoms with E-state index in [0.29, 0.717) is 0 Å². The maximum absolute atomic E-state index is 12.3. The van der Waals surface area contributed by atoms with E-state index in [1.54, 1.807) is 6.07 Å². The second-order valence-electron chi connectivity index (χ2n) is 4.11. The summed E-state index contributed by atoms with van der Waals surface area (Å²) in [5.74, 6) is -0.142. The number of benzene rings is 1. The zero-order valence-electron chi connectivity index (χ0n) is 10.3. The van der Waals surface area contributed by atoms with E-state index >= 15 is 0 Å². The molecule has 0 aliphatic rings. The minimum Gasteiger partial charge on any atom is -0.506 e. The molecule has 0 atom stereocenters. The number of phenolic OH excluding ortho intramolecular Hbond substituents is 1. The van der Waals surface area contributed by atoms with Crippen LogP contribution < -0.4 is 5.73 Å². The highest BCUT2D eigenvalue weighted by Gasteiger charge is 2.22. The van der Waals surface area contributed by atoms with Gasteiger partial charge in [0.25, 0.3) is 0 Å². The van der Waals surface area contributed by atoms with Gasteiger partial charge in [0.05, 0.1) is 23.1 Å². The Kier molecular flexibility index (Phi) is 3.50. The summed E-state index contributed by atoms with van der Waals surface area (Å²) < 4.78 is 30.6. The van der Waals surface area contributed by atoms with E-state index in [1.165, 1.54) is 42.1 Å². The molecular weight excluding hydrogens is 268 g/mol. The van der Waals surface area contributed by atoms with Crippen LogP contribution in [0.3, 0.4) is 0 Å². The van der Waals surface area contributed by atoms with Crippen molar-refractivity contribution in [3.8, 4) is 5.75 Å². The minimum atomic E-state index is -3.65. The zero-order valence-corrected chi connectivity index (χ0v) is 11.1. The Morgan fingerprint density at radius 1 is 1.37 bits per heavy atom. The van der Waals surface area contributed by atoms with E-state index in [9.17, 15) is 13.5 Å². The fraction of sp³-hybridized carbons (Fsp3) is 0.167. The molecule has 6 nitrogen and oxygen atoms in total. The van der Waals surface area contributed by atoms with Crippen LogP contribution in [0.1, 0.15) is 5.56 Å². The second kappa shape index (κ2) is 4.94. The molecule has 19 heavy (non-hydrogen) atoms. The van der Waals surface area contributed by atoms with Gasteiger partial charge in [-0.05, 0) is 24.3 Å². The zero-order chi connectivity index (χ0) is 14.0. The van der Waals surface area contributed by atoms with Gasteiger partial charge in [0.15, 0.2) is 0 Å². The van der Waals surface area contributed by atoms with Crippen LogP contribution in [0.4, 0.5) is 5.69 Å². The number of nitrogens with two attached hydrogens (primary N) is 1. The molecule has 3 N–H and O–H groups in total. The quantitative estimate of drug-likeness (QED) is 0.652. The molecule has 1 heterocycles. The predicted molar refractivity (Wildman–Crippen MR) is 69.9 cm³/mol. The molecule has 0 saturated carbocycles. The second-order valence-corrected chi connectivity index (χ2v) is 6.16. The Morgan fingerprint density at radius 3 is 2.68 bits per heavy atom. The van der Waals surface area contributed by atoms with Crippen molar-refractivity contribution in [1.29, 1.82) is 0 Å². The van der Waals surface area contributed by atoms with Crippen molar-refractivity contribution >= 4 is 15.7 Å². The van der Waals surface area contributed by atoms with Crippen LogP contribution in [-0.4, -0.2) is 24.9 Å². The van der Waals surface area contributed by atoms with Gasteiger partial charge in [0.2, 0.25) is 10.0 Å². The van der Waals surface area contributed by atoms with E-state index in [0.717, 1.165) is 5.56 Å². The van der Waals surface area contributed by atoms with Crippen molar-refractivity contribution in [2.24, 2.45) is 0 Å². The highest BCUT2D eigenvalue weighted by Crippen LogP contribution is 2.25. The molecule has 2 aromatic rings. The van der Waals surface area contributed by atoms with Gasteiger partial charge in [-0.3, -0.25) is 0 Å². The van der Waals surface area contributed by atoms with Crippen LogP contribution in [0.15, 0.2) is 46.1 Å². The van der Waals surface area contributed by atoms with Gasteiger partial charge >= 0.3 is 0 Å². The monoisotopic (exact) mass is 282 g/mol. The maximum Gasteiger partial charge on any atom is 0.243 e. The average molecular weight is 282 g/mol. The number of furan rings is 1. The molecule has 1 aromatic heterocycles. The summed E-state index contributed by atoms with van der Waals surface area (Å²) in [6.45, 7) is 0.194. The lowest BCUT2D eigenvalue weighted by Gasteiger charge is -2.16. The first-order chi connectivity index (χ1) is 8.91. The number of anilines is 1. The summed E-state index contributed by atoms with van der Waals surface area (Å²) in [5.41, 5.74) is 6.28. The highest BCUT2D eigenvalue weighted by molar-refractivity contribution is 7.89. The largest absolute Gasteiger partial charge is 0.506 e. The van der Waals surface area contributed by atoms with Crippen LogP contribution in [0.2, 0.25) is 0 Å². The van der Waals surface area contributed by atoms with Crippen LogP contribution in [-0.2, 0) is 16.6 Å². The molecule has 0 aliphatic carbocycles. The van der Waals surface area contributed by atoms with Crippen molar-refractivity contribution in [3.63, 3.8) is 0 Å². The first-order valence-electron chi connectivity index (χ1n) is 5.47. The fourth-order valence-corrected chi connectivity index (χ4v) is 2.79. The molecule has 7 heteroatoms. The van der Waals surface area contributed by atoms with Crippen LogP contribution in [0, 0.1) is 0 Å². The summed E-state index contributed by atoms with van der Waals surface area (Å²) in [7, 11) is -2.19.